The second-order valence-corrected chi connectivity index (χ2v) is 4.93. The summed E-state index contributed by atoms with van der Waals surface area (Å²) in [6.45, 7) is 5.75. The summed E-state index contributed by atoms with van der Waals surface area (Å²) in [7, 11) is 0. The Hall–Kier alpha value is -1.32. The average Bonchev–Trinajstić information content (AvgIpc) is 2.30. The highest BCUT2D eigenvalue weighted by Gasteiger charge is 2.34. The standard InChI is InChI=1S/C13H21N3O/c1-3-13(6-5-7-13)10-15-11-12(17)16(4-2)9-8-14-11/h8-9H,3-7,10H2,1-2H3,(H,14,15). The van der Waals surface area contributed by atoms with Crippen molar-refractivity contribution < 1.29 is 0 Å². The third-order valence-electron chi connectivity index (χ3n) is 4.05. The normalized spacial score (nSPS) is 17.5. The molecule has 0 bridgehead atoms. The predicted octanol–water partition coefficient (Wildman–Crippen LogP) is 2.26. The molecule has 1 heterocycles. The molecule has 1 aliphatic rings. The van der Waals surface area contributed by atoms with Crippen molar-refractivity contribution in [3.8, 4) is 0 Å². The van der Waals surface area contributed by atoms with Gasteiger partial charge in [0.1, 0.15) is 0 Å². The molecule has 1 saturated carbocycles. The van der Waals surface area contributed by atoms with Crippen LogP contribution in [0.15, 0.2) is 17.2 Å². The number of nitrogens with zero attached hydrogens (tertiary/aromatic N) is 2. The van der Waals surface area contributed by atoms with Crippen molar-refractivity contribution in [2.45, 2.75) is 46.1 Å². The van der Waals surface area contributed by atoms with E-state index in [2.05, 4.69) is 17.2 Å². The fourth-order valence-electron chi connectivity index (χ4n) is 2.42. The van der Waals surface area contributed by atoms with Crippen LogP contribution in [0.4, 0.5) is 5.82 Å². The van der Waals surface area contributed by atoms with E-state index in [0.29, 0.717) is 17.8 Å². The van der Waals surface area contributed by atoms with Gasteiger partial charge in [0, 0.05) is 25.5 Å². The first-order valence-electron chi connectivity index (χ1n) is 6.50. The molecule has 0 radical (unpaired) electrons. The molecule has 1 aromatic rings. The van der Waals surface area contributed by atoms with E-state index in [0.717, 1.165) is 6.54 Å². The van der Waals surface area contributed by atoms with Gasteiger partial charge in [-0.2, -0.15) is 0 Å². The van der Waals surface area contributed by atoms with E-state index >= 15 is 0 Å². The lowest BCUT2D eigenvalue weighted by Gasteiger charge is -2.41. The van der Waals surface area contributed by atoms with Gasteiger partial charge in [-0.1, -0.05) is 13.3 Å². The summed E-state index contributed by atoms with van der Waals surface area (Å²) in [4.78, 5) is 16.1. The van der Waals surface area contributed by atoms with E-state index in [1.165, 1.54) is 25.7 Å². The molecule has 17 heavy (non-hydrogen) atoms. The van der Waals surface area contributed by atoms with Gasteiger partial charge in [0.25, 0.3) is 5.56 Å². The second kappa shape index (κ2) is 4.90. The molecule has 0 saturated heterocycles. The van der Waals surface area contributed by atoms with E-state index in [1.807, 2.05) is 6.92 Å². The number of hydrogen-bond acceptors (Lipinski definition) is 3. The summed E-state index contributed by atoms with van der Waals surface area (Å²) >= 11 is 0. The summed E-state index contributed by atoms with van der Waals surface area (Å²) < 4.78 is 1.68. The van der Waals surface area contributed by atoms with E-state index in [-0.39, 0.29) is 5.56 Å². The highest BCUT2D eigenvalue weighted by atomic mass is 16.1. The molecule has 94 valence electrons. The monoisotopic (exact) mass is 235 g/mol. The molecule has 0 aromatic carbocycles. The minimum Gasteiger partial charge on any atom is -0.365 e. The topological polar surface area (TPSA) is 46.9 Å². The zero-order valence-electron chi connectivity index (χ0n) is 10.7. The number of rotatable bonds is 5. The van der Waals surface area contributed by atoms with E-state index in [4.69, 9.17) is 0 Å². The molecule has 4 nitrogen and oxygen atoms in total. The van der Waals surface area contributed by atoms with Gasteiger partial charge in [-0.25, -0.2) is 4.98 Å². The zero-order chi connectivity index (χ0) is 12.3. The maximum atomic E-state index is 11.9. The fraction of sp³-hybridized carbons (Fsp3) is 0.692. The second-order valence-electron chi connectivity index (χ2n) is 4.93. The van der Waals surface area contributed by atoms with Crippen molar-refractivity contribution in [3.05, 3.63) is 22.7 Å². The number of anilines is 1. The lowest BCUT2D eigenvalue weighted by Crippen LogP contribution is -2.37. The Bertz CT molecular complexity index is 429. The average molecular weight is 235 g/mol. The van der Waals surface area contributed by atoms with Crippen molar-refractivity contribution >= 4 is 5.82 Å². The van der Waals surface area contributed by atoms with Gasteiger partial charge >= 0.3 is 0 Å². The minimum absolute atomic E-state index is 0.0134. The highest BCUT2D eigenvalue weighted by molar-refractivity contribution is 5.31. The first-order chi connectivity index (χ1) is 8.21. The summed E-state index contributed by atoms with van der Waals surface area (Å²) in [5, 5.41) is 3.24. The van der Waals surface area contributed by atoms with Crippen LogP contribution in [0.2, 0.25) is 0 Å². The number of aromatic nitrogens is 2. The van der Waals surface area contributed by atoms with Gasteiger partial charge in [0.05, 0.1) is 0 Å². The molecule has 0 spiro atoms. The Labute approximate surface area is 102 Å². The Kier molecular flexibility index (Phi) is 3.50. The molecule has 1 aromatic heterocycles. The summed E-state index contributed by atoms with van der Waals surface area (Å²) in [5.41, 5.74) is 0.390. The molecule has 0 aliphatic heterocycles. The van der Waals surface area contributed by atoms with Gasteiger partial charge in [0.15, 0.2) is 5.82 Å². The summed E-state index contributed by atoms with van der Waals surface area (Å²) in [6, 6.07) is 0. The lowest BCUT2D eigenvalue weighted by molar-refractivity contribution is 0.145. The van der Waals surface area contributed by atoms with Crippen LogP contribution in [-0.4, -0.2) is 16.1 Å². The molecular formula is C13H21N3O. The molecule has 1 N–H and O–H groups in total. The van der Waals surface area contributed by atoms with Crippen LogP contribution in [0.25, 0.3) is 0 Å². The van der Waals surface area contributed by atoms with Gasteiger partial charge in [-0.15, -0.1) is 0 Å². The molecule has 1 aliphatic carbocycles. The molecule has 4 heteroatoms. The SMILES string of the molecule is CCn1ccnc(NCC2(CC)CCC2)c1=O. The van der Waals surface area contributed by atoms with Gasteiger partial charge < -0.3 is 9.88 Å². The van der Waals surface area contributed by atoms with Crippen molar-refractivity contribution in [2.24, 2.45) is 5.41 Å². The van der Waals surface area contributed by atoms with E-state index in [9.17, 15) is 4.79 Å². The third-order valence-corrected chi connectivity index (χ3v) is 4.05. The van der Waals surface area contributed by atoms with Crippen molar-refractivity contribution in [3.63, 3.8) is 0 Å². The van der Waals surface area contributed by atoms with Gasteiger partial charge in [-0.3, -0.25) is 4.79 Å². The molecule has 1 fully saturated rings. The first-order valence-corrected chi connectivity index (χ1v) is 6.50. The third kappa shape index (κ3) is 2.35. The Balaban J connectivity index is 2.06. The Morgan fingerprint density at radius 3 is 2.76 bits per heavy atom. The van der Waals surface area contributed by atoms with E-state index < -0.39 is 0 Å². The smallest absolute Gasteiger partial charge is 0.293 e. The summed E-state index contributed by atoms with van der Waals surface area (Å²) in [6.07, 6.45) is 8.45. The van der Waals surface area contributed by atoms with Crippen LogP contribution in [0.3, 0.4) is 0 Å². The predicted molar refractivity (Wildman–Crippen MR) is 69.2 cm³/mol. The van der Waals surface area contributed by atoms with Crippen LogP contribution < -0.4 is 10.9 Å². The lowest BCUT2D eigenvalue weighted by atomic mass is 9.67. The molecule has 0 amide bonds. The van der Waals surface area contributed by atoms with E-state index in [1.54, 1.807) is 17.0 Å². The maximum absolute atomic E-state index is 11.9. The van der Waals surface area contributed by atoms with Gasteiger partial charge in [-0.05, 0) is 31.6 Å². The van der Waals surface area contributed by atoms with Crippen LogP contribution >= 0.6 is 0 Å². The molecule has 0 atom stereocenters. The zero-order valence-corrected chi connectivity index (χ0v) is 10.7. The summed E-state index contributed by atoms with van der Waals surface area (Å²) in [5.74, 6) is 0.495. The maximum Gasteiger partial charge on any atom is 0.293 e. The van der Waals surface area contributed by atoms with Crippen LogP contribution in [-0.2, 0) is 6.54 Å². The Morgan fingerprint density at radius 2 is 2.24 bits per heavy atom. The number of aryl methyl sites for hydroxylation is 1. The molecular weight excluding hydrogens is 214 g/mol. The highest BCUT2D eigenvalue weighted by Crippen LogP contribution is 2.43. The number of hydrogen-bond donors (Lipinski definition) is 1. The van der Waals surface area contributed by atoms with Crippen LogP contribution in [0.5, 0.6) is 0 Å². The van der Waals surface area contributed by atoms with Crippen LogP contribution in [0.1, 0.15) is 39.5 Å². The van der Waals surface area contributed by atoms with Crippen molar-refractivity contribution in [1.82, 2.24) is 9.55 Å². The number of nitrogens with one attached hydrogen (secondary N) is 1. The molecule has 2 rings (SSSR count). The first kappa shape index (κ1) is 12.1. The Morgan fingerprint density at radius 1 is 1.47 bits per heavy atom. The molecule has 0 unspecified atom stereocenters. The quantitative estimate of drug-likeness (QED) is 0.851. The fourth-order valence-corrected chi connectivity index (χ4v) is 2.42. The van der Waals surface area contributed by atoms with Crippen molar-refractivity contribution in [2.75, 3.05) is 11.9 Å². The van der Waals surface area contributed by atoms with Crippen LogP contribution in [0, 0.1) is 5.41 Å². The largest absolute Gasteiger partial charge is 0.365 e. The van der Waals surface area contributed by atoms with Gasteiger partial charge in [0.2, 0.25) is 0 Å². The minimum atomic E-state index is -0.0134. The van der Waals surface area contributed by atoms with Crippen molar-refractivity contribution in [1.29, 1.82) is 0 Å².